The summed E-state index contributed by atoms with van der Waals surface area (Å²) in [5.41, 5.74) is 5.98. The highest BCUT2D eigenvalue weighted by Crippen LogP contribution is 2.37. The van der Waals surface area contributed by atoms with Crippen LogP contribution in [0.15, 0.2) is 29.2 Å². The molecule has 6 unspecified atom stereocenters. The molecule has 252 valence electrons. The van der Waals surface area contributed by atoms with E-state index in [1.165, 1.54) is 33.0 Å². The zero-order chi connectivity index (χ0) is 33.8. The summed E-state index contributed by atoms with van der Waals surface area (Å²) in [4.78, 5) is 36.6. The van der Waals surface area contributed by atoms with Crippen molar-refractivity contribution < 1.29 is 43.5 Å². The SMILES string of the molecule is CC.COc1cc(OC)c(CSCOC2CC(n3ccc(N)nc3=O)OC2CCO)c(OC)c1.CSC.OP.OP.OP. The van der Waals surface area contributed by atoms with Gasteiger partial charge < -0.3 is 49.2 Å². The van der Waals surface area contributed by atoms with Gasteiger partial charge in [-0.1, -0.05) is 13.8 Å². The number of hydrogen-bond donors (Lipinski definition) is 5. The number of aromatic nitrogens is 2. The fraction of sp³-hybridized carbons (Fsp3) is 0.600. The Balaban J connectivity index is -0.00000130. The van der Waals surface area contributed by atoms with Crippen LogP contribution in [0.5, 0.6) is 17.2 Å². The zero-order valence-electron chi connectivity index (χ0n) is 25.8. The molecule has 13 nitrogen and oxygen atoms in total. The normalized spacial score (nSPS) is 16.1. The average Bonchev–Trinajstić information content (AvgIpc) is 3.45. The highest BCUT2D eigenvalue weighted by atomic mass is 32.2. The van der Waals surface area contributed by atoms with Crippen LogP contribution in [0, 0.1) is 0 Å². The molecular formula is C25H50N3O10P3S2. The lowest BCUT2D eigenvalue weighted by atomic mass is 10.1. The molecule has 0 radical (unpaired) electrons. The van der Waals surface area contributed by atoms with Crippen LogP contribution in [0.2, 0.25) is 0 Å². The fourth-order valence-electron chi connectivity index (χ4n) is 3.58. The summed E-state index contributed by atoms with van der Waals surface area (Å²) in [6.07, 6.45) is 5.38. The third-order valence-electron chi connectivity index (χ3n) is 5.18. The third kappa shape index (κ3) is 17.4. The van der Waals surface area contributed by atoms with Crippen molar-refractivity contribution in [3.63, 3.8) is 0 Å². The van der Waals surface area contributed by atoms with E-state index in [0.717, 1.165) is 5.56 Å². The number of thioether (sulfide) groups is 2. The van der Waals surface area contributed by atoms with Gasteiger partial charge in [-0.05, 0) is 53.4 Å². The molecule has 1 fully saturated rings. The smallest absolute Gasteiger partial charge is 0.351 e. The van der Waals surface area contributed by atoms with Crippen molar-refractivity contribution in [1.82, 2.24) is 9.55 Å². The molecule has 1 aliphatic rings. The Morgan fingerprint density at radius 1 is 1.05 bits per heavy atom. The minimum Gasteiger partial charge on any atom is -0.496 e. The first kappa shape index (κ1) is 46.5. The molecule has 1 aromatic carbocycles. The molecule has 1 saturated heterocycles. The van der Waals surface area contributed by atoms with E-state index in [4.69, 9.17) is 44.1 Å². The number of anilines is 1. The van der Waals surface area contributed by atoms with Crippen LogP contribution in [-0.2, 0) is 15.2 Å². The summed E-state index contributed by atoms with van der Waals surface area (Å²) >= 11 is 3.30. The predicted molar refractivity (Wildman–Crippen MR) is 187 cm³/mol. The molecule has 1 aliphatic heterocycles. The number of nitrogen functional groups attached to an aromatic ring is 1. The molecule has 1 aromatic heterocycles. The molecule has 43 heavy (non-hydrogen) atoms. The van der Waals surface area contributed by atoms with Crippen molar-refractivity contribution >= 4 is 57.7 Å². The molecule has 0 spiro atoms. The monoisotopic (exact) mass is 709 g/mol. The molecule has 18 heteroatoms. The Morgan fingerprint density at radius 3 is 2.02 bits per heavy atom. The van der Waals surface area contributed by atoms with Gasteiger partial charge in [0.25, 0.3) is 0 Å². The summed E-state index contributed by atoms with van der Waals surface area (Å²) in [5.74, 6) is 3.13. The Hall–Kier alpha value is -0.950. The second-order valence-corrected chi connectivity index (χ2v) is 9.26. The number of rotatable bonds is 11. The van der Waals surface area contributed by atoms with Gasteiger partial charge >= 0.3 is 5.69 Å². The molecule has 2 heterocycles. The van der Waals surface area contributed by atoms with Gasteiger partial charge in [-0.3, -0.25) is 4.57 Å². The van der Waals surface area contributed by atoms with Gasteiger partial charge in [0.15, 0.2) is 0 Å². The van der Waals surface area contributed by atoms with Crippen molar-refractivity contribution in [2.45, 2.75) is 50.9 Å². The summed E-state index contributed by atoms with van der Waals surface area (Å²) in [7, 11) is 9.04. The quantitative estimate of drug-likeness (QED) is 0.130. The molecule has 6 N–H and O–H groups in total. The molecule has 0 amide bonds. The first-order valence-corrected chi connectivity index (χ1v) is 17.0. The number of nitrogens with two attached hydrogens (primary N) is 1. The maximum Gasteiger partial charge on any atom is 0.351 e. The Labute approximate surface area is 270 Å². The van der Waals surface area contributed by atoms with E-state index in [0.29, 0.717) is 41.8 Å². The zero-order valence-corrected chi connectivity index (χ0v) is 30.9. The Bertz CT molecular complexity index is 975. The molecule has 0 saturated carbocycles. The lowest BCUT2D eigenvalue weighted by Crippen LogP contribution is -2.27. The molecule has 6 atom stereocenters. The van der Waals surface area contributed by atoms with Crippen LogP contribution in [0.4, 0.5) is 5.82 Å². The number of aliphatic hydroxyl groups excluding tert-OH is 1. The molecular weight excluding hydrogens is 659 g/mol. The van der Waals surface area contributed by atoms with Crippen molar-refractivity contribution in [1.29, 1.82) is 0 Å². The lowest BCUT2D eigenvalue weighted by Gasteiger charge is -2.18. The summed E-state index contributed by atoms with van der Waals surface area (Å²) in [6.45, 7) is 3.96. The molecule has 2 aromatic rings. The van der Waals surface area contributed by atoms with Gasteiger partial charge in [-0.25, -0.2) is 4.79 Å². The summed E-state index contributed by atoms with van der Waals surface area (Å²) < 4.78 is 29.7. The van der Waals surface area contributed by atoms with Crippen LogP contribution in [-0.4, -0.2) is 87.9 Å². The van der Waals surface area contributed by atoms with Gasteiger partial charge in [0.2, 0.25) is 0 Å². The highest BCUT2D eigenvalue weighted by molar-refractivity contribution is 7.98. The Kier molecular flexibility index (Phi) is 33.6. The third-order valence-corrected chi connectivity index (χ3v) is 5.98. The highest BCUT2D eigenvalue weighted by Gasteiger charge is 2.37. The number of benzene rings is 1. The number of aliphatic hydroxyl groups is 1. The summed E-state index contributed by atoms with van der Waals surface area (Å²) in [5, 5.41) is 9.39. The second-order valence-electron chi connectivity index (χ2n) is 7.51. The minimum absolute atomic E-state index is 0.0421. The van der Waals surface area contributed by atoms with Gasteiger partial charge in [-0.15, -0.1) is 11.8 Å². The van der Waals surface area contributed by atoms with Crippen molar-refractivity contribution in [3.8, 4) is 17.2 Å². The van der Waals surface area contributed by atoms with E-state index in [1.54, 1.807) is 57.1 Å². The van der Waals surface area contributed by atoms with Crippen LogP contribution in [0.3, 0.4) is 0 Å². The largest absolute Gasteiger partial charge is 0.496 e. The van der Waals surface area contributed by atoms with E-state index < -0.39 is 11.9 Å². The van der Waals surface area contributed by atoms with Gasteiger partial charge in [0.05, 0.1) is 39.5 Å². The number of ether oxygens (including phenoxy) is 5. The van der Waals surface area contributed by atoms with Crippen LogP contribution in [0.25, 0.3) is 0 Å². The number of hydrogen-bond acceptors (Lipinski definition) is 14. The van der Waals surface area contributed by atoms with E-state index in [9.17, 15) is 9.90 Å². The minimum atomic E-state index is -0.524. The second kappa shape index (κ2) is 31.0. The first-order chi connectivity index (χ1) is 20.9. The molecule has 3 rings (SSSR count). The number of methoxy groups -OCH3 is 3. The standard InChI is InChI=1S/C21H29N3O7S.C2H6S.C2H6.3H3OP/c1-27-13-8-16(28-2)14(17(9-13)29-3)11-32-12-30-18-10-20(31-15(18)5-7-25)24-6-4-19(22)23-21(24)26;1-3-2;4*1-2/h4,6,8-9,15,18,20,25H,5,7,10-12H2,1-3H3,(H2,22,23,26);1-2H3;1-2H3;3*1H,2H2. The van der Waals surface area contributed by atoms with Crippen molar-refractivity contribution in [2.75, 3.05) is 52.1 Å². The Morgan fingerprint density at radius 2 is 1.58 bits per heavy atom. The maximum absolute atomic E-state index is 12.1. The predicted octanol–water partition coefficient (Wildman–Crippen LogP) is 3.11. The van der Waals surface area contributed by atoms with Crippen LogP contribution >= 0.6 is 51.9 Å². The van der Waals surface area contributed by atoms with E-state index in [2.05, 4.69) is 4.98 Å². The van der Waals surface area contributed by atoms with Gasteiger partial charge in [0, 0.05) is 42.7 Å². The van der Waals surface area contributed by atoms with Crippen LogP contribution < -0.4 is 25.6 Å². The van der Waals surface area contributed by atoms with Gasteiger partial charge in [0.1, 0.15) is 29.3 Å². The van der Waals surface area contributed by atoms with E-state index in [-0.39, 0.29) is 24.6 Å². The van der Waals surface area contributed by atoms with Crippen molar-refractivity contribution in [3.05, 3.63) is 40.4 Å². The molecule has 0 bridgehead atoms. The average molecular weight is 710 g/mol. The van der Waals surface area contributed by atoms with Crippen LogP contribution in [0.1, 0.15) is 38.5 Å². The summed E-state index contributed by atoms with van der Waals surface area (Å²) in [6, 6.07) is 5.17. The fourth-order valence-corrected chi connectivity index (χ4v) is 4.42. The van der Waals surface area contributed by atoms with Gasteiger partial charge in [-0.2, -0.15) is 16.7 Å². The number of nitrogens with zero attached hydrogens (tertiary/aromatic N) is 2. The topological polar surface area (TPSA) is 188 Å². The first-order valence-electron chi connectivity index (χ1n) is 12.7. The van der Waals surface area contributed by atoms with E-state index >= 15 is 0 Å². The van der Waals surface area contributed by atoms with E-state index in [1.807, 2.05) is 38.5 Å². The maximum atomic E-state index is 12.1. The van der Waals surface area contributed by atoms with Crippen molar-refractivity contribution in [2.24, 2.45) is 0 Å². The molecule has 0 aliphatic carbocycles. The lowest BCUT2D eigenvalue weighted by molar-refractivity contribution is -0.0408.